The molecule has 0 bridgehead atoms. The van der Waals surface area contributed by atoms with Crippen LogP contribution in [-0.4, -0.2) is 75.1 Å². The third-order valence-corrected chi connectivity index (χ3v) is 6.97. The Morgan fingerprint density at radius 3 is 2.47 bits per heavy atom. The molecular weight excluding hydrogens is 456 g/mol. The number of morpholine rings is 1. The molecule has 0 unspecified atom stereocenters. The summed E-state index contributed by atoms with van der Waals surface area (Å²) in [4.78, 5) is 26.9. The molecule has 2 aromatic carbocycles. The van der Waals surface area contributed by atoms with Crippen LogP contribution in [0.5, 0.6) is 5.75 Å². The summed E-state index contributed by atoms with van der Waals surface area (Å²) in [5.41, 5.74) is 2.25. The molecule has 2 fully saturated rings. The predicted molar refractivity (Wildman–Crippen MR) is 136 cm³/mol. The Hall–Kier alpha value is -3.98. The highest BCUT2D eigenvalue weighted by Gasteiger charge is 2.28. The SMILES string of the molecule is O=C(c1ccccc1)N1CCC(n2ncc3c(N4CCOCC4)nc(-c4cccc(O)c4)nc32)CC1. The van der Waals surface area contributed by atoms with Crippen molar-refractivity contribution in [3.8, 4) is 17.1 Å². The molecule has 0 atom stereocenters. The van der Waals surface area contributed by atoms with Crippen molar-refractivity contribution < 1.29 is 14.6 Å². The molecule has 0 aliphatic carbocycles. The Morgan fingerprint density at radius 2 is 1.72 bits per heavy atom. The first-order chi connectivity index (χ1) is 17.7. The number of carbonyl (C=O) groups is 1. The van der Waals surface area contributed by atoms with E-state index in [1.54, 1.807) is 18.2 Å². The Kier molecular flexibility index (Phi) is 5.98. The van der Waals surface area contributed by atoms with Crippen LogP contribution < -0.4 is 4.90 Å². The molecule has 1 N–H and O–H groups in total. The quantitative estimate of drug-likeness (QED) is 0.473. The molecule has 4 heterocycles. The molecule has 0 spiro atoms. The Bertz CT molecular complexity index is 1380. The lowest BCUT2D eigenvalue weighted by atomic mass is 10.0. The molecule has 0 saturated carbocycles. The number of piperidine rings is 1. The average molecular weight is 485 g/mol. The molecular formula is C27H28N6O3. The average Bonchev–Trinajstić information content (AvgIpc) is 3.37. The van der Waals surface area contributed by atoms with Crippen LogP contribution in [0.15, 0.2) is 60.8 Å². The number of benzene rings is 2. The van der Waals surface area contributed by atoms with Gasteiger partial charge < -0.3 is 19.6 Å². The number of amides is 1. The van der Waals surface area contributed by atoms with Crippen LogP contribution in [0.4, 0.5) is 5.82 Å². The largest absolute Gasteiger partial charge is 0.508 e. The molecule has 36 heavy (non-hydrogen) atoms. The number of aromatic nitrogens is 4. The Labute approximate surface area is 209 Å². The number of ether oxygens (including phenoxy) is 1. The summed E-state index contributed by atoms with van der Waals surface area (Å²) in [6.45, 7) is 4.12. The van der Waals surface area contributed by atoms with Crippen LogP contribution in [0, 0.1) is 0 Å². The summed E-state index contributed by atoms with van der Waals surface area (Å²) >= 11 is 0. The van der Waals surface area contributed by atoms with Crippen molar-refractivity contribution in [1.82, 2.24) is 24.6 Å². The topological polar surface area (TPSA) is 96.6 Å². The van der Waals surface area contributed by atoms with Gasteiger partial charge in [0.15, 0.2) is 11.5 Å². The van der Waals surface area contributed by atoms with E-state index in [2.05, 4.69) is 4.90 Å². The number of anilines is 1. The number of rotatable bonds is 4. The van der Waals surface area contributed by atoms with E-state index in [4.69, 9.17) is 19.8 Å². The Morgan fingerprint density at radius 1 is 0.944 bits per heavy atom. The van der Waals surface area contributed by atoms with Crippen LogP contribution in [0.2, 0.25) is 0 Å². The molecule has 9 nitrogen and oxygen atoms in total. The fourth-order valence-electron chi connectivity index (χ4n) is 5.05. The minimum Gasteiger partial charge on any atom is -0.508 e. The van der Waals surface area contributed by atoms with Gasteiger partial charge >= 0.3 is 0 Å². The highest BCUT2D eigenvalue weighted by molar-refractivity contribution is 5.94. The summed E-state index contributed by atoms with van der Waals surface area (Å²) in [5, 5.41) is 15.7. The summed E-state index contributed by atoms with van der Waals surface area (Å²) in [7, 11) is 0. The maximum absolute atomic E-state index is 12.9. The third kappa shape index (κ3) is 4.26. The van der Waals surface area contributed by atoms with Gasteiger partial charge in [0.2, 0.25) is 0 Å². The van der Waals surface area contributed by atoms with E-state index >= 15 is 0 Å². The van der Waals surface area contributed by atoms with E-state index < -0.39 is 0 Å². The molecule has 6 rings (SSSR count). The minimum absolute atomic E-state index is 0.0717. The van der Waals surface area contributed by atoms with Crippen LogP contribution in [0.25, 0.3) is 22.4 Å². The van der Waals surface area contributed by atoms with Gasteiger partial charge in [0.1, 0.15) is 11.6 Å². The van der Waals surface area contributed by atoms with Crippen molar-refractivity contribution in [3.05, 3.63) is 66.4 Å². The van der Waals surface area contributed by atoms with Crippen LogP contribution in [0.3, 0.4) is 0 Å². The third-order valence-electron chi connectivity index (χ3n) is 6.97. The lowest BCUT2D eigenvalue weighted by Crippen LogP contribution is -2.39. The van der Waals surface area contributed by atoms with Gasteiger partial charge in [-0.3, -0.25) is 4.79 Å². The molecule has 184 valence electrons. The van der Waals surface area contributed by atoms with Gasteiger partial charge in [-0.05, 0) is 37.1 Å². The summed E-state index contributed by atoms with van der Waals surface area (Å²) < 4.78 is 7.55. The fourth-order valence-corrected chi connectivity index (χ4v) is 5.05. The van der Waals surface area contributed by atoms with Gasteiger partial charge in [-0.15, -0.1) is 0 Å². The first kappa shape index (κ1) is 22.5. The normalized spacial score (nSPS) is 17.0. The number of carbonyl (C=O) groups excluding carboxylic acids is 1. The first-order valence-electron chi connectivity index (χ1n) is 12.4. The number of likely N-dealkylation sites (tertiary alicyclic amines) is 1. The second-order valence-electron chi connectivity index (χ2n) is 9.24. The number of phenolic OH excluding ortho intramolecular Hbond substituents is 1. The summed E-state index contributed by atoms with van der Waals surface area (Å²) in [6, 6.07) is 16.6. The highest BCUT2D eigenvalue weighted by atomic mass is 16.5. The number of hydrogen-bond acceptors (Lipinski definition) is 7. The zero-order valence-electron chi connectivity index (χ0n) is 20.0. The van der Waals surface area contributed by atoms with Crippen LogP contribution >= 0.6 is 0 Å². The van der Waals surface area contributed by atoms with Crippen molar-refractivity contribution in [2.24, 2.45) is 0 Å². The maximum atomic E-state index is 12.9. The molecule has 9 heteroatoms. The molecule has 1 amide bonds. The maximum Gasteiger partial charge on any atom is 0.253 e. The van der Waals surface area contributed by atoms with E-state index in [1.165, 1.54) is 0 Å². The van der Waals surface area contributed by atoms with Crippen molar-refractivity contribution in [2.45, 2.75) is 18.9 Å². The Balaban J connectivity index is 1.33. The van der Waals surface area contributed by atoms with Gasteiger partial charge in [-0.2, -0.15) is 5.10 Å². The lowest BCUT2D eigenvalue weighted by Gasteiger charge is -2.32. The van der Waals surface area contributed by atoms with Gasteiger partial charge in [-0.1, -0.05) is 30.3 Å². The molecule has 2 aromatic heterocycles. The lowest BCUT2D eigenvalue weighted by molar-refractivity contribution is 0.0691. The van der Waals surface area contributed by atoms with Gasteiger partial charge in [0.05, 0.1) is 30.8 Å². The standard InChI is InChI=1S/C27H28N6O3/c34-22-8-4-7-20(17-22)24-29-25(31-13-15-36-16-14-31)23-18-28-33(26(23)30-24)21-9-11-32(12-10-21)27(35)19-5-2-1-3-6-19/h1-8,17-18,21,34H,9-16H2. The van der Waals surface area contributed by atoms with E-state index in [9.17, 15) is 9.90 Å². The van der Waals surface area contributed by atoms with Crippen molar-refractivity contribution in [3.63, 3.8) is 0 Å². The van der Waals surface area contributed by atoms with Crippen LogP contribution in [0.1, 0.15) is 29.2 Å². The first-order valence-corrected chi connectivity index (χ1v) is 12.4. The van der Waals surface area contributed by atoms with E-state index in [0.29, 0.717) is 32.1 Å². The fraction of sp³-hybridized carbons (Fsp3) is 0.333. The number of nitrogens with zero attached hydrogens (tertiary/aromatic N) is 6. The van der Waals surface area contributed by atoms with Crippen molar-refractivity contribution >= 4 is 22.8 Å². The number of aromatic hydroxyl groups is 1. The second kappa shape index (κ2) is 9.58. The zero-order chi connectivity index (χ0) is 24.5. The summed E-state index contributed by atoms with van der Waals surface area (Å²) in [5.74, 6) is 1.64. The molecule has 2 aliphatic heterocycles. The summed E-state index contributed by atoms with van der Waals surface area (Å²) in [6.07, 6.45) is 3.45. The van der Waals surface area contributed by atoms with E-state index in [-0.39, 0.29) is 17.7 Å². The van der Waals surface area contributed by atoms with Crippen molar-refractivity contribution in [2.75, 3.05) is 44.3 Å². The molecule has 2 saturated heterocycles. The number of fused-ring (bicyclic) bond motifs is 1. The number of phenols is 1. The predicted octanol–water partition coefficient (Wildman–Crippen LogP) is 3.51. The second-order valence-corrected chi connectivity index (χ2v) is 9.24. The number of hydrogen-bond donors (Lipinski definition) is 1. The molecule has 4 aromatic rings. The van der Waals surface area contributed by atoms with Gasteiger partial charge in [0.25, 0.3) is 5.91 Å². The molecule has 2 aliphatic rings. The molecule has 0 radical (unpaired) electrons. The smallest absolute Gasteiger partial charge is 0.253 e. The minimum atomic E-state index is 0.0717. The monoisotopic (exact) mass is 484 g/mol. The van der Waals surface area contributed by atoms with Crippen LogP contribution in [-0.2, 0) is 4.74 Å². The zero-order valence-corrected chi connectivity index (χ0v) is 20.0. The highest BCUT2D eigenvalue weighted by Crippen LogP contribution is 2.32. The van der Waals surface area contributed by atoms with Gasteiger partial charge in [0, 0.05) is 37.3 Å². The van der Waals surface area contributed by atoms with Crippen molar-refractivity contribution in [1.29, 1.82) is 0 Å². The van der Waals surface area contributed by atoms with E-state index in [0.717, 1.165) is 53.9 Å². The van der Waals surface area contributed by atoms with Gasteiger partial charge in [-0.25, -0.2) is 14.6 Å². The van der Waals surface area contributed by atoms with E-state index in [1.807, 2.05) is 52.2 Å².